The summed E-state index contributed by atoms with van der Waals surface area (Å²) in [5.41, 5.74) is 4.11. The maximum absolute atomic E-state index is 6.05. The molecule has 1 nitrogen and oxygen atoms in total. The summed E-state index contributed by atoms with van der Waals surface area (Å²) in [7, 11) is 0. The van der Waals surface area contributed by atoms with Crippen molar-refractivity contribution in [2.24, 2.45) is 4.99 Å². The predicted molar refractivity (Wildman–Crippen MR) is 80.5 cm³/mol. The Morgan fingerprint density at radius 3 is 2.33 bits per heavy atom. The number of hydrogen-bond donors (Lipinski definition) is 0. The summed E-state index contributed by atoms with van der Waals surface area (Å²) in [6.07, 6.45) is 1.79. The Labute approximate surface area is 117 Å². The fourth-order valence-corrected chi connectivity index (χ4v) is 2.43. The molecule has 0 aliphatic heterocycles. The second kappa shape index (κ2) is 5.55. The molecule has 0 aliphatic carbocycles. The molecule has 0 aliphatic rings. The van der Waals surface area contributed by atoms with Crippen molar-refractivity contribution < 1.29 is 0 Å². The molecule has 3 heteroatoms. The van der Waals surface area contributed by atoms with Gasteiger partial charge in [0.2, 0.25) is 0 Å². The fourth-order valence-electron chi connectivity index (χ4n) is 1.90. The lowest BCUT2D eigenvalue weighted by Crippen LogP contribution is -1.83. The highest BCUT2D eigenvalue weighted by molar-refractivity contribution is 6.35. The normalized spacial score (nSPS) is 11.1. The standard InChI is InChI=1S/C15H13Cl2N/c1-3-18-15-10(2)5-4-6-14(15)11-7-12(16)9-13(17)8-11/h3-9H,1-2H3/b18-3-. The largest absolute Gasteiger partial charge is 0.261 e. The molecule has 2 rings (SSSR count). The summed E-state index contributed by atoms with van der Waals surface area (Å²) >= 11 is 12.1. The Bertz CT molecular complexity index is 583. The number of aryl methyl sites for hydroxylation is 1. The van der Waals surface area contributed by atoms with Gasteiger partial charge in [-0.2, -0.15) is 0 Å². The second-order valence-corrected chi connectivity index (χ2v) is 4.89. The average molecular weight is 278 g/mol. The smallest absolute Gasteiger partial charge is 0.0733 e. The molecule has 18 heavy (non-hydrogen) atoms. The van der Waals surface area contributed by atoms with Crippen molar-refractivity contribution in [3.8, 4) is 11.1 Å². The van der Waals surface area contributed by atoms with Crippen LogP contribution >= 0.6 is 23.2 Å². The molecule has 0 spiro atoms. The topological polar surface area (TPSA) is 12.4 Å². The van der Waals surface area contributed by atoms with Crippen LogP contribution in [0, 0.1) is 6.92 Å². The number of rotatable bonds is 2. The molecule has 0 saturated carbocycles. The van der Waals surface area contributed by atoms with Gasteiger partial charge in [0, 0.05) is 21.8 Å². The van der Waals surface area contributed by atoms with Gasteiger partial charge in [0.1, 0.15) is 0 Å². The minimum Gasteiger partial charge on any atom is -0.261 e. The lowest BCUT2D eigenvalue weighted by molar-refractivity contribution is 1.40. The van der Waals surface area contributed by atoms with Crippen LogP contribution in [-0.4, -0.2) is 6.21 Å². The monoisotopic (exact) mass is 277 g/mol. The summed E-state index contributed by atoms with van der Waals surface area (Å²) < 4.78 is 0. The molecule has 2 aromatic carbocycles. The van der Waals surface area contributed by atoms with E-state index in [4.69, 9.17) is 23.2 Å². The van der Waals surface area contributed by atoms with Crippen LogP contribution in [0.4, 0.5) is 5.69 Å². The molecule has 0 bridgehead atoms. The summed E-state index contributed by atoms with van der Waals surface area (Å²) in [6, 6.07) is 11.6. The van der Waals surface area contributed by atoms with E-state index in [0.717, 1.165) is 22.4 Å². The van der Waals surface area contributed by atoms with E-state index < -0.39 is 0 Å². The Morgan fingerprint density at radius 2 is 1.72 bits per heavy atom. The molecule has 2 aromatic rings. The minimum atomic E-state index is 0.630. The van der Waals surface area contributed by atoms with E-state index in [1.54, 1.807) is 12.3 Å². The number of nitrogens with zero attached hydrogens (tertiary/aromatic N) is 1. The van der Waals surface area contributed by atoms with Gasteiger partial charge < -0.3 is 0 Å². The van der Waals surface area contributed by atoms with Crippen molar-refractivity contribution in [2.75, 3.05) is 0 Å². The Morgan fingerprint density at radius 1 is 1.06 bits per heavy atom. The van der Waals surface area contributed by atoms with Crippen LogP contribution in [-0.2, 0) is 0 Å². The summed E-state index contributed by atoms with van der Waals surface area (Å²) in [5, 5.41) is 1.26. The van der Waals surface area contributed by atoms with E-state index >= 15 is 0 Å². The molecule has 0 atom stereocenters. The van der Waals surface area contributed by atoms with Crippen LogP contribution in [0.25, 0.3) is 11.1 Å². The van der Waals surface area contributed by atoms with E-state index in [1.807, 2.05) is 44.2 Å². The molecule has 0 N–H and O–H groups in total. The van der Waals surface area contributed by atoms with Crippen LogP contribution in [0.15, 0.2) is 41.4 Å². The minimum absolute atomic E-state index is 0.630. The van der Waals surface area contributed by atoms with Gasteiger partial charge in [-0.1, -0.05) is 41.4 Å². The zero-order valence-electron chi connectivity index (χ0n) is 10.2. The summed E-state index contributed by atoms with van der Waals surface area (Å²) in [6.45, 7) is 3.94. The lowest BCUT2D eigenvalue weighted by atomic mass is 10.0. The van der Waals surface area contributed by atoms with Crippen molar-refractivity contribution >= 4 is 35.1 Å². The van der Waals surface area contributed by atoms with Gasteiger partial charge >= 0.3 is 0 Å². The van der Waals surface area contributed by atoms with E-state index in [2.05, 4.69) is 4.99 Å². The van der Waals surface area contributed by atoms with Crippen LogP contribution in [0.5, 0.6) is 0 Å². The highest BCUT2D eigenvalue weighted by Gasteiger charge is 2.08. The quantitative estimate of drug-likeness (QED) is 0.625. The van der Waals surface area contributed by atoms with E-state index in [0.29, 0.717) is 10.0 Å². The zero-order chi connectivity index (χ0) is 13.1. The number of hydrogen-bond acceptors (Lipinski definition) is 1. The first-order valence-electron chi connectivity index (χ1n) is 5.66. The van der Waals surface area contributed by atoms with E-state index in [-0.39, 0.29) is 0 Å². The fraction of sp³-hybridized carbons (Fsp3) is 0.133. The first kappa shape index (κ1) is 13.1. The van der Waals surface area contributed by atoms with Gasteiger partial charge in [-0.25, -0.2) is 0 Å². The molecular formula is C15H13Cl2N. The summed E-state index contributed by atoms with van der Waals surface area (Å²) in [4.78, 5) is 4.43. The predicted octanol–water partition coefficient (Wildman–Crippen LogP) is 5.69. The van der Waals surface area contributed by atoms with Crippen molar-refractivity contribution in [1.82, 2.24) is 0 Å². The number of aliphatic imine (C=N–C) groups is 1. The Kier molecular flexibility index (Phi) is 4.05. The third kappa shape index (κ3) is 2.74. The van der Waals surface area contributed by atoms with Crippen LogP contribution in [0.3, 0.4) is 0 Å². The first-order chi connectivity index (χ1) is 8.61. The molecule has 0 heterocycles. The SMILES string of the molecule is C/C=N\c1c(C)cccc1-c1cc(Cl)cc(Cl)c1. The van der Waals surface area contributed by atoms with Crippen molar-refractivity contribution in [3.05, 3.63) is 52.0 Å². The van der Waals surface area contributed by atoms with Gasteiger partial charge in [0.15, 0.2) is 0 Å². The van der Waals surface area contributed by atoms with Gasteiger partial charge in [0.05, 0.1) is 5.69 Å². The molecule has 92 valence electrons. The molecular weight excluding hydrogens is 265 g/mol. The van der Waals surface area contributed by atoms with Gasteiger partial charge in [-0.05, 0) is 43.2 Å². The molecule has 0 radical (unpaired) electrons. The number of benzene rings is 2. The van der Waals surface area contributed by atoms with Crippen LogP contribution < -0.4 is 0 Å². The summed E-state index contributed by atoms with van der Waals surface area (Å²) in [5.74, 6) is 0. The van der Waals surface area contributed by atoms with Crippen molar-refractivity contribution in [1.29, 1.82) is 0 Å². The third-order valence-corrected chi connectivity index (χ3v) is 3.11. The van der Waals surface area contributed by atoms with Crippen LogP contribution in [0.1, 0.15) is 12.5 Å². The number of para-hydroxylation sites is 1. The lowest BCUT2D eigenvalue weighted by Gasteiger charge is -2.09. The van der Waals surface area contributed by atoms with Gasteiger partial charge in [0.25, 0.3) is 0 Å². The van der Waals surface area contributed by atoms with E-state index in [1.165, 1.54) is 0 Å². The second-order valence-electron chi connectivity index (χ2n) is 4.02. The Balaban J connectivity index is 2.66. The highest BCUT2D eigenvalue weighted by Crippen LogP contribution is 2.35. The van der Waals surface area contributed by atoms with Crippen molar-refractivity contribution in [3.63, 3.8) is 0 Å². The van der Waals surface area contributed by atoms with Gasteiger partial charge in [-0.3, -0.25) is 4.99 Å². The first-order valence-corrected chi connectivity index (χ1v) is 6.42. The van der Waals surface area contributed by atoms with Gasteiger partial charge in [-0.15, -0.1) is 0 Å². The molecule has 0 aromatic heterocycles. The van der Waals surface area contributed by atoms with Crippen LogP contribution in [0.2, 0.25) is 10.0 Å². The highest BCUT2D eigenvalue weighted by atomic mass is 35.5. The zero-order valence-corrected chi connectivity index (χ0v) is 11.8. The van der Waals surface area contributed by atoms with E-state index in [9.17, 15) is 0 Å². The average Bonchev–Trinajstić information content (AvgIpc) is 2.30. The number of halogens is 2. The molecule has 0 amide bonds. The Hall–Kier alpha value is -1.31. The molecule has 0 unspecified atom stereocenters. The maximum atomic E-state index is 6.05. The molecule has 0 fully saturated rings. The molecule has 0 saturated heterocycles. The van der Waals surface area contributed by atoms with Crippen molar-refractivity contribution in [2.45, 2.75) is 13.8 Å². The maximum Gasteiger partial charge on any atom is 0.0733 e. The third-order valence-electron chi connectivity index (χ3n) is 2.67.